The van der Waals surface area contributed by atoms with Crippen LogP contribution in [-0.2, 0) is 4.74 Å². The van der Waals surface area contributed by atoms with E-state index < -0.39 is 0 Å². The fraction of sp³-hybridized carbons (Fsp3) is 0.500. The van der Waals surface area contributed by atoms with Crippen molar-refractivity contribution in [2.24, 2.45) is 0 Å². The zero-order chi connectivity index (χ0) is 11.4. The number of pyridine rings is 1. The van der Waals surface area contributed by atoms with Crippen LogP contribution in [0.3, 0.4) is 0 Å². The Morgan fingerprint density at radius 2 is 2.44 bits per heavy atom. The molecule has 1 aliphatic heterocycles. The standard InChI is InChI=1S/C12H14N2O2/c1-15-12-9(7-13)4-5-11(14-12)10-3-2-6-16-8-10/h4-5,10H,2-3,6,8H2,1H3. The molecule has 1 aliphatic rings. The zero-order valence-electron chi connectivity index (χ0n) is 9.27. The highest BCUT2D eigenvalue weighted by molar-refractivity contribution is 5.39. The van der Waals surface area contributed by atoms with Crippen LogP contribution in [0.2, 0.25) is 0 Å². The number of hydrogen-bond donors (Lipinski definition) is 0. The number of methoxy groups -OCH3 is 1. The number of hydrogen-bond acceptors (Lipinski definition) is 4. The van der Waals surface area contributed by atoms with Gasteiger partial charge in [0, 0.05) is 18.2 Å². The molecule has 0 spiro atoms. The summed E-state index contributed by atoms with van der Waals surface area (Å²) in [5, 5.41) is 8.86. The van der Waals surface area contributed by atoms with E-state index in [1.165, 1.54) is 7.11 Å². The van der Waals surface area contributed by atoms with Crippen molar-refractivity contribution in [1.82, 2.24) is 4.98 Å². The molecule has 1 unspecified atom stereocenters. The van der Waals surface area contributed by atoms with Gasteiger partial charge >= 0.3 is 0 Å². The van der Waals surface area contributed by atoms with Gasteiger partial charge in [0.15, 0.2) is 0 Å². The summed E-state index contributed by atoms with van der Waals surface area (Å²) in [4.78, 5) is 4.36. The summed E-state index contributed by atoms with van der Waals surface area (Å²) in [7, 11) is 1.53. The van der Waals surface area contributed by atoms with E-state index in [4.69, 9.17) is 14.7 Å². The van der Waals surface area contributed by atoms with Gasteiger partial charge in [0.05, 0.1) is 13.7 Å². The molecule has 0 saturated carbocycles. The average molecular weight is 218 g/mol. The summed E-state index contributed by atoms with van der Waals surface area (Å²) in [6, 6.07) is 5.71. The van der Waals surface area contributed by atoms with E-state index in [9.17, 15) is 0 Å². The summed E-state index contributed by atoms with van der Waals surface area (Å²) >= 11 is 0. The van der Waals surface area contributed by atoms with Crippen LogP contribution in [0.4, 0.5) is 0 Å². The molecule has 1 fully saturated rings. The van der Waals surface area contributed by atoms with Crippen molar-refractivity contribution in [3.63, 3.8) is 0 Å². The predicted molar refractivity (Wildman–Crippen MR) is 58.3 cm³/mol. The molecule has 0 bridgehead atoms. The van der Waals surface area contributed by atoms with E-state index >= 15 is 0 Å². The molecule has 0 aliphatic carbocycles. The van der Waals surface area contributed by atoms with Gasteiger partial charge in [0.25, 0.3) is 0 Å². The maximum atomic E-state index is 8.86. The zero-order valence-corrected chi connectivity index (χ0v) is 9.27. The van der Waals surface area contributed by atoms with Gasteiger partial charge in [0.2, 0.25) is 5.88 Å². The van der Waals surface area contributed by atoms with E-state index in [0.29, 0.717) is 24.0 Å². The number of nitrogens with zero attached hydrogens (tertiary/aromatic N) is 2. The highest BCUT2D eigenvalue weighted by Crippen LogP contribution is 2.26. The molecule has 1 aromatic rings. The predicted octanol–water partition coefficient (Wildman–Crippen LogP) is 1.86. The van der Waals surface area contributed by atoms with Crippen molar-refractivity contribution in [2.45, 2.75) is 18.8 Å². The molecule has 1 atom stereocenters. The summed E-state index contributed by atoms with van der Waals surface area (Å²) in [5.41, 5.74) is 1.43. The minimum Gasteiger partial charge on any atom is -0.480 e. The van der Waals surface area contributed by atoms with E-state index in [1.54, 1.807) is 6.07 Å². The van der Waals surface area contributed by atoms with Crippen molar-refractivity contribution in [1.29, 1.82) is 5.26 Å². The Morgan fingerprint density at radius 1 is 1.56 bits per heavy atom. The third-order valence-electron chi connectivity index (χ3n) is 2.77. The minimum atomic E-state index is 0.329. The molecule has 0 aromatic carbocycles. The third kappa shape index (κ3) is 2.15. The molecule has 0 amide bonds. The van der Waals surface area contributed by atoms with Crippen LogP contribution in [0.15, 0.2) is 12.1 Å². The van der Waals surface area contributed by atoms with Crippen molar-refractivity contribution < 1.29 is 9.47 Å². The highest BCUT2D eigenvalue weighted by Gasteiger charge is 2.18. The Labute approximate surface area is 94.8 Å². The van der Waals surface area contributed by atoms with Crippen molar-refractivity contribution in [3.05, 3.63) is 23.4 Å². The number of rotatable bonds is 2. The van der Waals surface area contributed by atoms with Gasteiger partial charge < -0.3 is 9.47 Å². The van der Waals surface area contributed by atoms with Gasteiger partial charge in [0.1, 0.15) is 11.6 Å². The molecule has 84 valence electrons. The Kier molecular flexibility index (Phi) is 3.37. The quantitative estimate of drug-likeness (QED) is 0.760. The van der Waals surface area contributed by atoms with E-state index in [0.717, 1.165) is 25.1 Å². The van der Waals surface area contributed by atoms with Gasteiger partial charge in [-0.2, -0.15) is 5.26 Å². The summed E-state index contributed by atoms with van der Waals surface area (Å²) in [5.74, 6) is 0.737. The molecule has 0 radical (unpaired) electrons. The van der Waals surface area contributed by atoms with Crippen LogP contribution in [0.1, 0.15) is 30.0 Å². The average Bonchev–Trinajstić information content (AvgIpc) is 2.39. The molecule has 16 heavy (non-hydrogen) atoms. The third-order valence-corrected chi connectivity index (χ3v) is 2.77. The fourth-order valence-electron chi connectivity index (χ4n) is 1.90. The second kappa shape index (κ2) is 4.95. The maximum absolute atomic E-state index is 8.86. The Balaban J connectivity index is 2.25. The first-order chi connectivity index (χ1) is 7.85. The summed E-state index contributed by atoms with van der Waals surface area (Å²) in [6.45, 7) is 1.55. The van der Waals surface area contributed by atoms with E-state index in [1.807, 2.05) is 6.07 Å². The lowest BCUT2D eigenvalue weighted by molar-refractivity contribution is 0.0791. The first kappa shape index (κ1) is 10.9. The van der Waals surface area contributed by atoms with Crippen molar-refractivity contribution >= 4 is 0 Å². The Bertz CT molecular complexity index is 406. The molecule has 0 N–H and O–H groups in total. The first-order valence-corrected chi connectivity index (χ1v) is 5.38. The van der Waals surface area contributed by atoms with Crippen LogP contribution in [-0.4, -0.2) is 25.3 Å². The second-order valence-electron chi connectivity index (χ2n) is 3.82. The van der Waals surface area contributed by atoms with E-state index in [-0.39, 0.29) is 0 Å². The fourth-order valence-corrected chi connectivity index (χ4v) is 1.90. The normalized spacial score (nSPS) is 20.1. The maximum Gasteiger partial charge on any atom is 0.231 e. The molecular formula is C12H14N2O2. The number of nitriles is 1. The van der Waals surface area contributed by atoms with Crippen molar-refractivity contribution in [2.75, 3.05) is 20.3 Å². The molecule has 4 nitrogen and oxygen atoms in total. The molecule has 2 rings (SSSR count). The number of ether oxygens (including phenoxy) is 2. The Morgan fingerprint density at radius 3 is 3.06 bits per heavy atom. The summed E-state index contributed by atoms with van der Waals surface area (Å²) in [6.07, 6.45) is 2.15. The van der Waals surface area contributed by atoms with Crippen molar-refractivity contribution in [3.8, 4) is 11.9 Å². The molecule has 2 heterocycles. The van der Waals surface area contributed by atoms with E-state index in [2.05, 4.69) is 11.1 Å². The Hall–Kier alpha value is -1.60. The van der Waals surface area contributed by atoms with Crippen LogP contribution in [0.25, 0.3) is 0 Å². The summed E-state index contributed by atoms with van der Waals surface area (Å²) < 4.78 is 10.5. The molecular weight excluding hydrogens is 204 g/mol. The van der Waals surface area contributed by atoms with Gasteiger partial charge in [-0.1, -0.05) is 0 Å². The lowest BCUT2D eigenvalue weighted by Crippen LogP contribution is -2.16. The molecule has 1 saturated heterocycles. The van der Waals surface area contributed by atoms with Gasteiger partial charge in [-0.05, 0) is 25.0 Å². The monoisotopic (exact) mass is 218 g/mol. The topological polar surface area (TPSA) is 55.1 Å². The van der Waals surface area contributed by atoms with Gasteiger partial charge in [-0.3, -0.25) is 0 Å². The van der Waals surface area contributed by atoms with Crippen LogP contribution < -0.4 is 4.74 Å². The minimum absolute atomic E-state index is 0.329. The lowest BCUT2D eigenvalue weighted by atomic mass is 9.98. The molecule has 1 aromatic heterocycles. The second-order valence-corrected chi connectivity index (χ2v) is 3.82. The highest BCUT2D eigenvalue weighted by atomic mass is 16.5. The SMILES string of the molecule is COc1nc(C2CCCOC2)ccc1C#N. The lowest BCUT2D eigenvalue weighted by Gasteiger charge is -2.21. The smallest absolute Gasteiger partial charge is 0.231 e. The van der Waals surface area contributed by atoms with Crippen LogP contribution in [0, 0.1) is 11.3 Å². The van der Waals surface area contributed by atoms with Crippen LogP contribution in [0.5, 0.6) is 5.88 Å². The number of aromatic nitrogens is 1. The van der Waals surface area contributed by atoms with Gasteiger partial charge in [-0.25, -0.2) is 4.98 Å². The first-order valence-electron chi connectivity index (χ1n) is 5.38. The van der Waals surface area contributed by atoms with Crippen LogP contribution >= 0.6 is 0 Å². The van der Waals surface area contributed by atoms with Gasteiger partial charge in [-0.15, -0.1) is 0 Å². The molecule has 4 heteroatoms. The largest absolute Gasteiger partial charge is 0.480 e.